The normalized spacial score (nSPS) is 10.1. The molecular formula is C16H15N3O6. The van der Waals surface area contributed by atoms with E-state index in [0.29, 0.717) is 12.0 Å². The van der Waals surface area contributed by atoms with E-state index in [4.69, 9.17) is 4.74 Å². The van der Waals surface area contributed by atoms with Gasteiger partial charge in [-0.2, -0.15) is 0 Å². The first-order valence-corrected chi connectivity index (χ1v) is 7.35. The van der Waals surface area contributed by atoms with Gasteiger partial charge in [-0.05, 0) is 18.6 Å². The average Bonchev–Trinajstić information content (AvgIpc) is 2.60. The third kappa shape index (κ3) is 4.74. The highest BCUT2D eigenvalue weighted by molar-refractivity contribution is 5.92. The lowest BCUT2D eigenvalue weighted by Gasteiger charge is -2.08. The number of non-ortho nitro benzene ring substituents is 1. The lowest BCUT2D eigenvalue weighted by Crippen LogP contribution is -2.20. The molecule has 0 heterocycles. The van der Waals surface area contributed by atoms with Gasteiger partial charge in [-0.15, -0.1) is 0 Å². The summed E-state index contributed by atoms with van der Waals surface area (Å²) in [4.78, 5) is 32.5. The summed E-state index contributed by atoms with van der Waals surface area (Å²) >= 11 is 0. The number of rotatable bonds is 7. The number of carbonyl (C=O) groups is 1. The van der Waals surface area contributed by atoms with Crippen LogP contribution in [0.15, 0.2) is 42.5 Å². The fraction of sp³-hybridized carbons (Fsp3) is 0.188. The van der Waals surface area contributed by atoms with Crippen LogP contribution in [0.4, 0.5) is 17.1 Å². The standard InChI is InChI=1S/C16H15N3O6/c1-2-11-6-7-12(8-15(11)19(23)24)17-16(20)10-25-14-5-3-4-13(9-14)18(21)22/h3-9H,2,10H2,1H3,(H,17,20). The van der Waals surface area contributed by atoms with Crippen LogP contribution in [0.5, 0.6) is 5.75 Å². The van der Waals surface area contributed by atoms with Crippen LogP contribution in [-0.2, 0) is 11.2 Å². The van der Waals surface area contributed by atoms with Gasteiger partial charge in [0.2, 0.25) is 0 Å². The highest BCUT2D eigenvalue weighted by atomic mass is 16.6. The van der Waals surface area contributed by atoms with Gasteiger partial charge in [0, 0.05) is 23.4 Å². The lowest BCUT2D eigenvalue weighted by molar-refractivity contribution is -0.385. The summed E-state index contributed by atoms with van der Waals surface area (Å²) in [5.41, 5.74) is 0.621. The Morgan fingerprint density at radius 1 is 1.12 bits per heavy atom. The molecule has 0 aliphatic rings. The Balaban J connectivity index is 2.01. The summed E-state index contributed by atoms with van der Waals surface area (Å²) in [5, 5.41) is 24.2. The molecule has 9 heteroatoms. The molecule has 2 aromatic carbocycles. The number of nitro groups is 2. The van der Waals surface area contributed by atoms with Crippen LogP contribution in [-0.4, -0.2) is 22.4 Å². The van der Waals surface area contributed by atoms with E-state index in [1.807, 2.05) is 0 Å². The Bertz CT molecular complexity index is 821. The SMILES string of the molecule is CCc1ccc(NC(=O)COc2cccc([N+](=O)[O-])c2)cc1[N+](=O)[O-]. The van der Waals surface area contributed by atoms with Crippen molar-refractivity contribution in [3.05, 3.63) is 68.3 Å². The molecule has 130 valence electrons. The molecule has 0 saturated carbocycles. The summed E-state index contributed by atoms with van der Waals surface area (Å²) in [5.74, 6) is -0.360. The zero-order valence-electron chi connectivity index (χ0n) is 13.3. The first-order valence-electron chi connectivity index (χ1n) is 7.35. The summed E-state index contributed by atoms with van der Waals surface area (Å²) < 4.78 is 5.20. The second-order valence-electron chi connectivity index (χ2n) is 5.05. The smallest absolute Gasteiger partial charge is 0.274 e. The topological polar surface area (TPSA) is 125 Å². The van der Waals surface area contributed by atoms with Gasteiger partial charge in [-0.25, -0.2) is 0 Å². The molecule has 0 unspecified atom stereocenters. The van der Waals surface area contributed by atoms with E-state index in [1.165, 1.54) is 30.3 Å². The predicted molar refractivity (Wildman–Crippen MR) is 89.7 cm³/mol. The summed E-state index contributed by atoms with van der Waals surface area (Å²) in [6.07, 6.45) is 0.500. The van der Waals surface area contributed by atoms with Crippen molar-refractivity contribution in [1.82, 2.24) is 0 Å². The molecule has 0 bridgehead atoms. The molecule has 0 aliphatic heterocycles. The molecule has 0 radical (unpaired) electrons. The fourth-order valence-electron chi connectivity index (χ4n) is 2.14. The molecular weight excluding hydrogens is 330 g/mol. The summed E-state index contributed by atoms with van der Waals surface area (Å²) in [7, 11) is 0. The van der Waals surface area contributed by atoms with Gasteiger partial charge in [-0.3, -0.25) is 25.0 Å². The van der Waals surface area contributed by atoms with Crippen LogP contribution >= 0.6 is 0 Å². The van der Waals surface area contributed by atoms with Crippen LogP contribution < -0.4 is 10.1 Å². The van der Waals surface area contributed by atoms with Crippen molar-refractivity contribution in [3.63, 3.8) is 0 Å². The minimum atomic E-state index is -0.568. The quantitative estimate of drug-likeness (QED) is 0.607. The van der Waals surface area contributed by atoms with Gasteiger partial charge in [0.05, 0.1) is 15.9 Å². The number of amides is 1. The van der Waals surface area contributed by atoms with Crippen LogP contribution in [0, 0.1) is 20.2 Å². The van der Waals surface area contributed by atoms with E-state index in [9.17, 15) is 25.0 Å². The van der Waals surface area contributed by atoms with E-state index in [-0.39, 0.29) is 29.4 Å². The lowest BCUT2D eigenvalue weighted by atomic mass is 10.1. The van der Waals surface area contributed by atoms with E-state index < -0.39 is 15.8 Å². The van der Waals surface area contributed by atoms with E-state index in [0.717, 1.165) is 0 Å². The highest BCUT2D eigenvalue weighted by Gasteiger charge is 2.14. The monoisotopic (exact) mass is 345 g/mol. The minimum Gasteiger partial charge on any atom is -0.484 e. The molecule has 2 rings (SSSR count). The Morgan fingerprint density at radius 3 is 2.52 bits per heavy atom. The molecule has 0 spiro atoms. The van der Waals surface area contributed by atoms with Gasteiger partial charge >= 0.3 is 0 Å². The molecule has 9 nitrogen and oxygen atoms in total. The van der Waals surface area contributed by atoms with E-state index in [1.54, 1.807) is 19.1 Å². The third-order valence-electron chi connectivity index (χ3n) is 3.35. The Hall–Kier alpha value is -3.49. The van der Waals surface area contributed by atoms with Crippen molar-refractivity contribution in [2.24, 2.45) is 0 Å². The van der Waals surface area contributed by atoms with Crippen molar-refractivity contribution in [1.29, 1.82) is 0 Å². The summed E-state index contributed by atoms with van der Waals surface area (Å²) in [6.45, 7) is 1.41. The van der Waals surface area contributed by atoms with E-state index >= 15 is 0 Å². The van der Waals surface area contributed by atoms with Crippen molar-refractivity contribution in [3.8, 4) is 5.75 Å². The number of benzene rings is 2. The van der Waals surface area contributed by atoms with Gasteiger partial charge in [0.15, 0.2) is 6.61 Å². The average molecular weight is 345 g/mol. The van der Waals surface area contributed by atoms with Crippen molar-refractivity contribution >= 4 is 23.0 Å². The number of nitrogens with zero attached hydrogens (tertiary/aromatic N) is 2. The Kier molecular flexibility index (Phi) is 5.62. The number of ether oxygens (including phenoxy) is 1. The van der Waals surface area contributed by atoms with Gasteiger partial charge in [-0.1, -0.05) is 19.1 Å². The molecule has 0 aliphatic carbocycles. The number of hydrogen-bond donors (Lipinski definition) is 1. The fourth-order valence-corrected chi connectivity index (χ4v) is 2.14. The molecule has 1 amide bonds. The highest BCUT2D eigenvalue weighted by Crippen LogP contribution is 2.24. The van der Waals surface area contributed by atoms with Crippen molar-refractivity contribution < 1.29 is 19.4 Å². The van der Waals surface area contributed by atoms with E-state index in [2.05, 4.69) is 5.32 Å². The molecule has 0 atom stereocenters. The van der Waals surface area contributed by atoms with Gasteiger partial charge < -0.3 is 10.1 Å². The number of nitrogens with one attached hydrogen (secondary N) is 1. The molecule has 1 N–H and O–H groups in total. The molecule has 2 aromatic rings. The minimum absolute atomic E-state index is 0.0695. The first kappa shape index (κ1) is 17.9. The molecule has 0 fully saturated rings. The molecule has 0 aromatic heterocycles. The summed E-state index contributed by atoms with van der Waals surface area (Å²) in [6, 6.07) is 9.87. The van der Waals surface area contributed by atoms with Crippen LogP contribution in [0.1, 0.15) is 12.5 Å². The number of hydrogen-bond acceptors (Lipinski definition) is 6. The number of anilines is 1. The Labute approximate surface area is 142 Å². The van der Waals surface area contributed by atoms with Gasteiger partial charge in [0.1, 0.15) is 5.75 Å². The zero-order valence-corrected chi connectivity index (χ0v) is 13.3. The largest absolute Gasteiger partial charge is 0.484 e. The Morgan fingerprint density at radius 2 is 1.88 bits per heavy atom. The van der Waals surface area contributed by atoms with Gasteiger partial charge in [0.25, 0.3) is 17.3 Å². The zero-order chi connectivity index (χ0) is 18.4. The maximum atomic E-state index is 11.9. The molecule has 0 saturated heterocycles. The number of nitro benzene ring substituents is 2. The number of carbonyl (C=O) groups excluding carboxylic acids is 1. The number of aryl methyl sites for hydroxylation is 1. The second kappa shape index (κ2) is 7.86. The predicted octanol–water partition coefficient (Wildman–Crippen LogP) is 3.08. The maximum absolute atomic E-state index is 11.9. The third-order valence-corrected chi connectivity index (χ3v) is 3.35. The van der Waals surface area contributed by atoms with Crippen LogP contribution in [0.3, 0.4) is 0 Å². The first-order chi connectivity index (χ1) is 11.9. The second-order valence-corrected chi connectivity index (χ2v) is 5.05. The molecule has 25 heavy (non-hydrogen) atoms. The van der Waals surface area contributed by atoms with Crippen molar-refractivity contribution in [2.75, 3.05) is 11.9 Å². The van der Waals surface area contributed by atoms with Crippen LogP contribution in [0.25, 0.3) is 0 Å². The van der Waals surface area contributed by atoms with Crippen molar-refractivity contribution in [2.45, 2.75) is 13.3 Å². The van der Waals surface area contributed by atoms with Crippen LogP contribution in [0.2, 0.25) is 0 Å². The maximum Gasteiger partial charge on any atom is 0.274 e.